The van der Waals surface area contributed by atoms with E-state index < -0.39 is 0 Å². The largest absolute Gasteiger partial charge is 0.330 e. The quantitative estimate of drug-likeness (QED) is 0.425. The number of rotatable bonds is 3. The Kier molecular flexibility index (Phi) is 3.73. The van der Waals surface area contributed by atoms with Gasteiger partial charge in [-0.05, 0) is 36.5 Å². The standard InChI is InChI=1S/C22H16N4S/c27-22-23-18-13-7-8-14-20(18)25(22)21-15-19(16-9-3-1-4-10-16)24-26(21)17-11-5-2-6-12-17/h1-15H,(H,23,27). The molecule has 0 saturated carbocycles. The van der Waals surface area contributed by atoms with Crippen LogP contribution in [0, 0.1) is 4.77 Å². The molecule has 0 spiro atoms. The number of benzene rings is 3. The Morgan fingerprint density at radius 1 is 0.778 bits per heavy atom. The molecule has 0 aliphatic rings. The Hall–Kier alpha value is -3.44. The first-order chi connectivity index (χ1) is 13.3. The highest BCUT2D eigenvalue weighted by atomic mass is 32.1. The van der Waals surface area contributed by atoms with Crippen molar-refractivity contribution in [1.82, 2.24) is 19.3 Å². The van der Waals surface area contributed by atoms with Gasteiger partial charge < -0.3 is 4.98 Å². The molecular formula is C22H16N4S. The van der Waals surface area contributed by atoms with Crippen LogP contribution in [0.2, 0.25) is 0 Å². The lowest BCUT2D eigenvalue weighted by atomic mass is 10.1. The summed E-state index contributed by atoms with van der Waals surface area (Å²) in [5.41, 5.74) is 4.99. The summed E-state index contributed by atoms with van der Waals surface area (Å²) < 4.78 is 4.63. The second-order valence-corrected chi connectivity index (χ2v) is 6.67. The molecule has 0 fully saturated rings. The minimum Gasteiger partial charge on any atom is -0.330 e. The van der Waals surface area contributed by atoms with Crippen molar-refractivity contribution in [2.45, 2.75) is 0 Å². The number of fused-ring (bicyclic) bond motifs is 1. The zero-order valence-corrected chi connectivity index (χ0v) is 15.2. The zero-order chi connectivity index (χ0) is 18.2. The number of nitrogens with zero attached hydrogens (tertiary/aromatic N) is 3. The first-order valence-corrected chi connectivity index (χ1v) is 9.13. The predicted molar refractivity (Wildman–Crippen MR) is 111 cm³/mol. The topological polar surface area (TPSA) is 38.5 Å². The summed E-state index contributed by atoms with van der Waals surface area (Å²) >= 11 is 5.64. The van der Waals surface area contributed by atoms with E-state index in [1.165, 1.54) is 0 Å². The molecular weight excluding hydrogens is 352 g/mol. The molecule has 0 atom stereocenters. The summed E-state index contributed by atoms with van der Waals surface area (Å²) in [6.45, 7) is 0. The van der Waals surface area contributed by atoms with Gasteiger partial charge in [0.05, 0.1) is 22.4 Å². The molecule has 2 heterocycles. The van der Waals surface area contributed by atoms with Crippen molar-refractivity contribution in [3.05, 3.63) is 95.8 Å². The van der Waals surface area contributed by atoms with Gasteiger partial charge in [0.25, 0.3) is 0 Å². The maximum absolute atomic E-state index is 5.64. The number of hydrogen-bond donors (Lipinski definition) is 1. The van der Waals surface area contributed by atoms with Crippen LogP contribution in [0.25, 0.3) is 33.8 Å². The van der Waals surface area contributed by atoms with E-state index in [1.54, 1.807) is 0 Å². The van der Waals surface area contributed by atoms with Crippen molar-refractivity contribution in [3.8, 4) is 22.8 Å². The van der Waals surface area contributed by atoms with E-state index in [-0.39, 0.29) is 0 Å². The van der Waals surface area contributed by atoms with E-state index in [1.807, 2.05) is 76.0 Å². The molecule has 0 unspecified atom stereocenters. The summed E-state index contributed by atoms with van der Waals surface area (Å²) in [5, 5.41) is 4.89. The SMILES string of the molecule is S=c1[nH]c2ccccc2n1-c1cc(-c2ccccc2)nn1-c1ccccc1. The van der Waals surface area contributed by atoms with Crippen molar-refractivity contribution in [1.29, 1.82) is 0 Å². The number of para-hydroxylation sites is 3. The van der Waals surface area contributed by atoms with Crippen LogP contribution >= 0.6 is 12.2 Å². The van der Waals surface area contributed by atoms with E-state index in [9.17, 15) is 0 Å². The molecule has 0 radical (unpaired) electrons. The Morgan fingerprint density at radius 2 is 1.44 bits per heavy atom. The van der Waals surface area contributed by atoms with Crippen molar-refractivity contribution in [3.63, 3.8) is 0 Å². The molecule has 27 heavy (non-hydrogen) atoms. The smallest absolute Gasteiger partial charge is 0.183 e. The fourth-order valence-electron chi connectivity index (χ4n) is 3.32. The van der Waals surface area contributed by atoms with Gasteiger partial charge in [-0.15, -0.1) is 0 Å². The van der Waals surface area contributed by atoms with Gasteiger partial charge in [-0.2, -0.15) is 5.10 Å². The normalized spacial score (nSPS) is 11.1. The fourth-order valence-corrected chi connectivity index (χ4v) is 3.62. The molecule has 5 heteroatoms. The average Bonchev–Trinajstić information content (AvgIpc) is 3.29. The maximum atomic E-state index is 5.64. The van der Waals surface area contributed by atoms with Gasteiger partial charge in [0.15, 0.2) is 4.77 Å². The minimum absolute atomic E-state index is 0.646. The molecule has 3 aromatic carbocycles. The fraction of sp³-hybridized carbons (Fsp3) is 0. The molecule has 0 aliphatic carbocycles. The van der Waals surface area contributed by atoms with Crippen molar-refractivity contribution in [2.75, 3.05) is 0 Å². The Bertz CT molecular complexity index is 1280. The average molecular weight is 368 g/mol. The number of imidazole rings is 1. The van der Waals surface area contributed by atoms with E-state index in [0.29, 0.717) is 4.77 Å². The zero-order valence-electron chi connectivity index (χ0n) is 14.4. The highest BCUT2D eigenvalue weighted by Gasteiger charge is 2.16. The van der Waals surface area contributed by atoms with Gasteiger partial charge >= 0.3 is 0 Å². The number of aromatic nitrogens is 4. The molecule has 1 N–H and O–H groups in total. The maximum Gasteiger partial charge on any atom is 0.183 e. The van der Waals surface area contributed by atoms with E-state index in [2.05, 4.69) is 29.2 Å². The van der Waals surface area contributed by atoms with Gasteiger partial charge in [-0.1, -0.05) is 60.7 Å². The van der Waals surface area contributed by atoms with Crippen LogP contribution in [-0.2, 0) is 0 Å². The molecule has 2 aromatic heterocycles. The summed E-state index contributed by atoms with van der Waals surface area (Å²) in [5.74, 6) is 0.905. The third-order valence-corrected chi connectivity index (χ3v) is 4.86. The Balaban J connectivity index is 1.82. The highest BCUT2D eigenvalue weighted by molar-refractivity contribution is 7.71. The van der Waals surface area contributed by atoms with Gasteiger partial charge in [-0.25, -0.2) is 4.68 Å². The van der Waals surface area contributed by atoms with Crippen LogP contribution in [0.5, 0.6) is 0 Å². The number of H-pyrrole nitrogens is 1. The molecule has 0 bridgehead atoms. The van der Waals surface area contributed by atoms with Crippen LogP contribution in [0.4, 0.5) is 0 Å². The predicted octanol–water partition coefficient (Wildman–Crippen LogP) is 5.54. The lowest BCUT2D eigenvalue weighted by Crippen LogP contribution is -2.05. The molecule has 130 valence electrons. The minimum atomic E-state index is 0.646. The Morgan fingerprint density at radius 3 is 2.22 bits per heavy atom. The summed E-state index contributed by atoms with van der Waals surface area (Å²) in [6.07, 6.45) is 0. The lowest BCUT2D eigenvalue weighted by molar-refractivity contribution is 0.827. The molecule has 4 nitrogen and oxygen atoms in total. The van der Waals surface area contributed by atoms with Crippen molar-refractivity contribution < 1.29 is 0 Å². The number of aromatic amines is 1. The van der Waals surface area contributed by atoms with E-state index in [0.717, 1.165) is 33.8 Å². The third-order valence-electron chi connectivity index (χ3n) is 4.58. The van der Waals surface area contributed by atoms with Gasteiger partial charge in [0, 0.05) is 11.6 Å². The van der Waals surface area contributed by atoms with Crippen LogP contribution in [0.15, 0.2) is 91.0 Å². The number of hydrogen-bond acceptors (Lipinski definition) is 2. The van der Waals surface area contributed by atoms with Crippen molar-refractivity contribution >= 4 is 23.3 Å². The van der Waals surface area contributed by atoms with Gasteiger partial charge in [-0.3, -0.25) is 4.57 Å². The molecule has 0 aliphatic heterocycles. The molecule has 5 rings (SSSR count). The molecule has 0 saturated heterocycles. The van der Waals surface area contributed by atoms with Crippen LogP contribution < -0.4 is 0 Å². The number of nitrogens with one attached hydrogen (secondary N) is 1. The van der Waals surface area contributed by atoms with Crippen LogP contribution in [0.3, 0.4) is 0 Å². The van der Waals surface area contributed by atoms with Gasteiger partial charge in [0.1, 0.15) is 5.82 Å². The second kappa shape index (κ2) is 6.37. The third kappa shape index (κ3) is 2.69. The van der Waals surface area contributed by atoms with E-state index in [4.69, 9.17) is 17.3 Å². The van der Waals surface area contributed by atoms with E-state index >= 15 is 0 Å². The van der Waals surface area contributed by atoms with Gasteiger partial charge in [0.2, 0.25) is 0 Å². The first kappa shape index (κ1) is 15.8. The highest BCUT2D eigenvalue weighted by Crippen LogP contribution is 2.27. The first-order valence-electron chi connectivity index (χ1n) is 8.72. The lowest BCUT2D eigenvalue weighted by Gasteiger charge is -2.08. The summed E-state index contributed by atoms with van der Waals surface area (Å²) in [4.78, 5) is 3.29. The molecule has 5 aromatic rings. The Labute approximate surface area is 161 Å². The summed E-state index contributed by atoms with van der Waals surface area (Å²) in [7, 11) is 0. The van der Waals surface area contributed by atoms with Crippen LogP contribution in [0.1, 0.15) is 0 Å². The monoisotopic (exact) mass is 368 g/mol. The second-order valence-electron chi connectivity index (χ2n) is 6.28. The summed E-state index contributed by atoms with van der Waals surface area (Å²) in [6, 6.07) is 30.5. The van der Waals surface area contributed by atoms with Crippen molar-refractivity contribution in [2.24, 2.45) is 0 Å². The molecule has 0 amide bonds. The van der Waals surface area contributed by atoms with Crippen LogP contribution in [-0.4, -0.2) is 19.3 Å².